The summed E-state index contributed by atoms with van der Waals surface area (Å²) in [5, 5.41) is 3.88. The van der Waals surface area contributed by atoms with Gasteiger partial charge < -0.3 is 5.32 Å². The highest BCUT2D eigenvalue weighted by Crippen LogP contribution is 2.31. The Morgan fingerprint density at radius 2 is 1.90 bits per heavy atom. The number of nitrogens with zero attached hydrogens (tertiary/aromatic N) is 2. The SMILES string of the molecule is FC(F)(F)c1ccc2cnc(C3CCNCC3)nc2c1. The van der Waals surface area contributed by atoms with Crippen molar-refractivity contribution in [3.63, 3.8) is 0 Å². The summed E-state index contributed by atoms with van der Waals surface area (Å²) >= 11 is 0. The number of halogens is 3. The van der Waals surface area contributed by atoms with Crippen LogP contribution in [0.15, 0.2) is 24.4 Å². The van der Waals surface area contributed by atoms with Gasteiger partial charge in [-0.25, -0.2) is 9.97 Å². The molecule has 1 N–H and O–H groups in total. The van der Waals surface area contributed by atoms with Crippen molar-refractivity contribution in [3.8, 4) is 0 Å². The predicted molar refractivity (Wildman–Crippen MR) is 69.4 cm³/mol. The third-order valence-electron chi connectivity index (χ3n) is 3.63. The molecular formula is C14H14F3N3. The number of hydrogen-bond donors (Lipinski definition) is 1. The fourth-order valence-electron chi connectivity index (χ4n) is 2.49. The number of hydrogen-bond acceptors (Lipinski definition) is 3. The molecule has 0 aliphatic carbocycles. The Morgan fingerprint density at radius 1 is 1.15 bits per heavy atom. The molecule has 3 nitrogen and oxygen atoms in total. The molecule has 0 saturated carbocycles. The molecule has 20 heavy (non-hydrogen) atoms. The van der Waals surface area contributed by atoms with Gasteiger partial charge in [0.05, 0.1) is 11.1 Å². The zero-order chi connectivity index (χ0) is 14.2. The Hall–Kier alpha value is -1.69. The minimum absolute atomic E-state index is 0.232. The Labute approximate surface area is 114 Å². The first-order valence-electron chi connectivity index (χ1n) is 6.58. The lowest BCUT2D eigenvalue weighted by atomic mass is 9.97. The van der Waals surface area contributed by atoms with Crippen LogP contribution in [-0.4, -0.2) is 23.1 Å². The van der Waals surface area contributed by atoms with Crippen LogP contribution in [0.2, 0.25) is 0 Å². The molecule has 2 aromatic rings. The topological polar surface area (TPSA) is 37.8 Å². The summed E-state index contributed by atoms with van der Waals surface area (Å²) < 4.78 is 38.2. The summed E-state index contributed by atoms with van der Waals surface area (Å²) in [6.07, 6.45) is -0.886. The smallest absolute Gasteiger partial charge is 0.317 e. The van der Waals surface area contributed by atoms with Crippen LogP contribution in [0.5, 0.6) is 0 Å². The van der Waals surface area contributed by atoms with Crippen molar-refractivity contribution in [3.05, 3.63) is 35.8 Å². The second-order valence-corrected chi connectivity index (χ2v) is 5.02. The van der Waals surface area contributed by atoms with Gasteiger partial charge in [0.25, 0.3) is 0 Å². The minimum atomic E-state index is -4.34. The van der Waals surface area contributed by atoms with E-state index in [0.29, 0.717) is 16.7 Å². The van der Waals surface area contributed by atoms with Crippen LogP contribution in [-0.2, 0) is 6.18 Å². The molecule has 3 rings (SSSR count). The zero-order valence-corrected chi connectivity index (χ0v) is 10.7. The highest BCUT2D eigenvalue weighted by Gasteiger charge is 2.30. The van der Waals surface area contributed by atoms with Gasteiger partial charge in [-0.15, -0.1) is 0 Å². The minimum Gasteiger partial charge on any atom is -0.317 e. The van der Waals surface area contributed by atoms with E-state index in [9.17, 15) is 13.2 Å². The van der Waals surface area contributed by atoms with Crippen LogP contribution < -0.4 is 5.32 Å². The van der Waals surface area contributed by atoms with Gasteiger partial charge in [0.2, 0.25) is 0 Å². The number of rotatable bonds is 1. The van der Waals surface area contributed by atoms with Gasteiger partial charge in [-0.05, 0) is 38.1 Å². The molecule has 1 aromatic carbocycles. The Morgan fingerprint density at radius 3 is 2.60 bits per heavy atom. The first-order chi connectivity index (χ1) is 9.54. The summed E-state index contributed by atoms with van der Waals surface area (Å²) in [7, 11) is 0. The molecule has 0 spiro atoms. The number of benzene rings is 1. The van der Waals surface area contributed by atoms with Crippen LogP contribution in [0.3, 0.4) is 0 Å². The lowest BCUT2D eigenvalue weighted by Crippen LogP contribution is -2.27. The molecule has 1 saturated heterocycles. The number of aromatic nitrogens is 2. The van der Waals surface area contributed by atoms with E-state index in [4.69, 9.17) is 0 Å². The molecule has 0 amide bonds. The quantitative estimate of drug-likeness (QED) is 0.872. The Kier molecular flexibility index (Phi) is 3.33. The normalized spacial score (nSPS) is 17.6. The van der Waals surface area contributed by atoms with Crippen LogP contribution in [0, 0.1) is 0 Å². The number of nitrogens with one attached hydrogen (secondary N) is 1. The first-order valence-corrected chi connectivity index (χ1v) is 6.58. The standard InChI is InChI=1S/C14H14F3N3/c15-14(16,17)11-2-1-10-8-19-13(20-12(10)7-11)9-3-5-18-6-4-9/h1-2,7-9,18H,3-6H2. The van der Waals surface area contributed by atoms with E-state index < -0.39 is 11.7 Å². The van der Waals surface area contributed by atoms with Crippen molar-refractivity contribution in [1.82, 2.24) is 15.3 Å². The zero-order valence-electron chi connectivity index (χ0n) is 10.7. The molecule has 0 bridgehead atoms. The van der Waals surface area contributed by atoms with Crippen LogP contribution in [0.1, 0.15) is 30.1 Å². The number of piperidine rings is 1. The van der Waals surface area contributed by atoms with Crippen molar-refractivity contribution in [2.75, 3.05) is 13.1 Å². The third-order valence-corrected chi connectivity index (χ3v) is 3.63. The molecule has 1 aliphatic heterocycles. The van der Waals surface area contributed by atoms with E-state index in [1.54, 1.807) is 6.20 Å². The molecule has 1 fully saturated rings. The van der Waals surface area contributed by atoms with Gasteiger partial charge in [-0.2, -0.15) is 13.2 Å². The Balaban J connectivity index is 2.00. The second kappa shape index (κ2) is 5.01. The highest BCUT2D eigenvalue weighted by atomic mass is 19.4. The average Bonchev–Trinajstić information content (AvgIpc) is 2.46. The second-order valence-electron chi connectivity index (χ2n) is 5.02. The fraction of sp³-hybridized carbons (Fsp3) is 0.429. The van der Waals surface area contributed by atoms with Crippen molar-refractivity contribution in [2.24, 2.45) is 0 Å². The van der Waals surface area contributed by atoms with Crippen molar-refractivity contribution >= 4 is 10.9 Å². The summed E-state index contributed by atoms with van der Waals surface area (Å²) in [6.45, 7) is 1.79. The summed E-state index contributed by atoms with van der Waals surface area (Å²) in [6, 6.07) is 3.59. The monoisotopic (exact) mass is 281 g/mol. The molecule has 2 heterocycles. The third kappa shape index (κ3) is 2.60. The Bertz CT molecular complexity index is 619. The maximum absolute atomic E-state index is 12.7. The van der Waals surface area contributed by atoms with Gasteiger partial charge in [-0.3, -0.25) is 0 Å². The molecule has 0 atom stereocenters. The predicted octanol–water partition coefficient (Wildman–Crippen LogP) is 3.12. The van der Waals surface area contributed by atoms with Crippen molar-refractivity contribution in [2.45, 2.75) is 24.9 Å². The van der Waals surface area contributed by atoms with Crippen LogP contribution >= 0.6 is 0 Å². The van der Waals surface area contributed by atoms with Gasteiger partial charge in [0.15, 0.2) is 0 Å². The van der Waals surface area contributed by atoms with Crippen molar-refractivity contribution < 1.29 is 13.2 Å². The maximum atomic E-state index is 12.7. The van der Waals surface area contributed by atoms with E-state index in [1.807, 2.05) is 0 Å². The molecule has 1 aromatic heterocycles. The lowest BCUT2D eigenvalue weighted by molar-refractivity contribution is -0.137. The average molecular weight is 281 g/mol. The number of alkyl halides is 3. The number of fused-ring (bicyclic) bond motifs is 1. The molecule has 6 heteroatoms. The van der Waals surface area contributed by atoms with E-state index in [1.165, 1.54) is 6.07 Å². The highest BCUT2D eigenvalue weighted by molar-refractivity contribution is 5.78. The molecular weight excluding hydrogens is 267 g/mol. The molecule has 1 aliphatic rings. The van der Waals surface area contributed by atoms with Crippen LogP contribution in [0.4, 0.5) is 13.2 Å². The van der Waals surface area contributed by atoms with E-state index in [0.717, 1.165) is 38.1 Å². The fourth-order valence-corrected chi connectivity index (χ4v) is 2.49. The van der Waals surface area contributed by atoms with Crippen LogP contribution in [0.25, 0.3) is 10.9 Å². The lowest BCUT2D eigenvalue weighted by Gasteiger charge is -2.21. The molecule has 106 valence electrons. The van der Waals surface area contributed by atoms with Gasteiger partial charge in [0, 0.05) is 17.5 Å². The van der Waals surface area contributed by atoms with Gasteiger partial charge >= 0.3 is 6.18 Å². The molecule has 0 radical (unpaired) electrons. The van der Waals surface area contributed by atoms with Gasteiger partial charge in [-0.1, -0.05) is 6.07 Å². The summed E-state index contributed by atoms with van der Waals surface area (Å²) in [5.74, 6) is 0.883. The summed E-state index contributed by atoms with van der Waals surface area (Å²) in [5.41, 5.74) is -0.302. The largest absolute Gasteiger partial charge is 0.416 e. The van der Waals surface area contributed by atoms with E-state index >= 15 is 0 Å². The van der Waals surface area contributed by atoms with Gasteiger partial charge in [0.1, 0.15) is 5.82 Å². The van der Waals surface area contributed by atoms with E-state index in [-0.39, 0.29) is 5.92 Å². The first kappa shape index (κ1) is 13.3. The summed E-state index contributed by atoms with van der Waals surface area (Å²) in [4.78, 5) is 8.64. The van der Waals surface area contributed by atoms with Crippen molar-refractivity contribution in [1.29, 1.82) is 0 Å². The van der Waals surface area contributed by atoms with E-state index in [2.05, 4.69) is 15.3 Å². The molecule has 0 unspecified atom stereocenters. The maximum Gasteiger partial charge on any atom is 0.416 e.